The molecule has 0 aliphatic heterocycles. The SMILES string of the molecule is CCCC1CCc2nc(NC(=O)CCC(C)N)sc2C1.Cl. The van der Waals surface area contributed by atoms with E-state index in [1.165, 1.54) is 29.8 Å². The van der Waals surface area contributed by atoms with Gasteiger partial charge in [-0.05, 0) is 38.5 Å². The maximum atomic E-state index is 11.8. The fraction of sp³-hybridized carbons (Fsp3) is 0.733. The molecule has 2 atom stereocenters. The number of nitrogens with two attached hydrogens (primary N) is 1. The van der Waals surface area contributed by atoms with Crippen LogP contribution in [0.4, 0.5) is 5.13 Å². The number of anilines is 1. The number of hydrogen-bond donors (Lipinski definition) is 2. The van der Waals surface area contributed by atoms with E-state index in [1.807, 2.05) is 6.92 Å². The highest BCUT2D eigenvalue weighted by Gasteiger charge is 2.22. The zero-order valence-electron chi connectivity index (χ0n) is 12.9. The number of nitrogens with zero attached hydrogens (tertiary/aromatic N) is 1. The third kappa shape index (κ3) is 5.57. The minimum atomic E-state index is 0. The normalized spacial score (nSPS) is 18.5. The molecule has 0 saturated carbocycles. The van der Waals surface area contributed by atoms with Gasteiger partial charge in [0.2, 0.25) is 5.91 Å². The summed E-state index contributed by atoms with van der Waals surface area (Å²) in [4.78, 5) is 17.7. The summed E-state index contributed by atoms with van der Waals surface area (Å²) in [6.07, 6.45) is 7.17. The fourth-order valence-corrected chi connectivity index (χ4v) is 3.83. The zero-order valence-corrected chi connectivity index (χ0v) is 14.5. The molecule has 120 valence electrons. The quantitative estimate of drug-likeness (QED) is 0.837. The van der Waals surface area contributed by atoms with Crippen molar-refractivity contribution in [2.24, 2.45) is 11.7 Å². The summed E-state index contributed by atoms with van der Waals surface area (Å²) in [6.45, 7) is 4.16. The van der Waals surface area contributed by atoms with Crippen molar-refractivity contribution in [3.8, 4) is 0 Å². The first-order valence-electron chi connectivity index (χ1n) is 7.62. The molecule has 1 aromatic rings. The smallest absolute Gasteiger partial charge is 0.226 e. The summed E-state index contributed by atoms with van der Waals surface area (Å²) < 4.78 is 0. The summed E-state index contributed by atoms with van der Waals surface area (Å²) in [6, 6.07) is 0.0695. The van der Waals surface area contributed by atoms with Gasteiger partial charge in [-0.15, -0.1) is 23.7 Å². The average molecular weight is 332 g/mol. The number of carbonyl (C=O) groups excluding carboxylic acids is 1. The Balaban J connectivity index is 0.00000220. The van der Waals surface area contributed by atoms with Crippen LogP contribution in [0.1, 0.15) is 56.5 Å². The van der Waals surface area contributed by atoms with Crippen LogP contribution in [0.2, 0.25) is 0 Å². The number of fused-ring (bicyclic) bond motifs is 1. The first-order valence-corrected chi connectivity index (χ1v) is 8.44. The second kappa shape index (κ2) is 8.71. The van der Waals surface area contributed by atoms with E-state index >= 15 is 0 Å². The molecule has 0 saturated heterocycles. The Labute approximate surface area is 137 Å². The van der Waals surface area contributed by atoms with Crippen molar-refractivity contribution in [1.29, 1.82) is 0 Å². The van der Waals surface area contributed by atoms with Crippen molar-refractivity contribution in [3.63, 3.8) is 0 Å². The van der Waals surface area contributed by atoms with E-state index in [-0.39, 0.29) is 24.4 Å². The molecule has 1 aromatic heterocycles. The fourth-order valence-electron chi connectivity index (χ4n) is 2.69. The van der Waals surface area contributed by atoms with Crippen LogP contribution in [0.3, 0.4) is 0 Å². The van der Waals surface area contributed by atoms with Crippen molar-refractivity contribution >= 4 is 34.8 Å². The number of rotatable bonds is 6. The monoisotopic (exact) mass is 331 g/mol. The molecule has 2 unspecified atom stereocenters. The van der Waals surface area contributed by atoms with Crippen LogP contribution in [0.5, 0.6) is 0 Å². The van der Waals surface area contributed by atoms with Gasteiger partial charge in [0.25, 0.3) is 0 Å². The lowest BCUT2D eigenvalue weighted by Crippen LogP contribution is -2.19. The standard InChI is InChI=1S/C15H25N3OS.ClH/c1-3-4-11-6-7-12-13(9-11)20-15(17-12)18-14(19)8-5-10(2)16;/h10-11H,3-9,16H2,1-2H3,(H,17,18,19);1H. The summed E-state index contributed by atoms with van der Waals surface area (Å²) in [5.41, 5.74) is 6.86. The van der Waals surface area contributed by atoms with Crippen LogP contribution in [-0.2, 0) is 17.6 Å². The number of aromatic nitrogens is 1. The number of aryl methyl sites for hydroxylation is 1. The van der Waals surface area contributed by atoms with E-state index in [1.54, 1.807) is 11.3 Å². The summed E-state index contributed by atoms with van der Waals surface area (Å²) in [5.74, 6) is 0.827. The number of carbonyl (C=O) groups is 1. The molecule has 1 aliphatic rings. The molecule has 6 heteroatoms. The van der Waals surface area contributed by atoms with E-state index in [4.69, 9.17) is 5.73 Å². The van der Waals surface area contributed by atoms with Crippen molar-refractivity contribution in [2.45, 2.75) is 64.8 Å². The maximum Gasteiger partial charge on any atom is 0.226 e. The molecule has 0 bridgehead atoms. The van der Waals surface area contributed by atoms with Crippen LogP contribution < -0.4 is 11.1 Å². The van der Waals surface area contributed by atoms with Crippen LogP contribution in [0.25, 0.3) is 0 Å². The third-order valence-corrected chi connectivity index (χ3v) is 4.85. The highest BCUT2D eigenvalue weighted by molar-refractivity contribution is 7.15. The molecule has 3 N–H and O–H groups in total. The Kier molecular flexibility index (Phi) is 7.63. The van der Waals surface area contributed by atoms with Gasteiger partial charge < -0.3 is 11.1 Å². The van der Waals surface area contributed by atoms with E-state index in [0.717, 1.165) is 30.3 Å². The summed E-state index contributed by atoms with van der Waals surface area (Å²) >= 11 is 1.65. The van der Waals surface area contributed by atoms with E-state index in [0.29, 0.717) is 6.42 Å². The Morgan fingerprint density at radius 1 is 1.57 bits per heavy atom. The lowest BCUT2D eigenvalue weighted by Gasteiger charge is -2.19. The average Bonchev–Trinajstić information content (AvgIpc) is 2.78. The molecule has 0 radical (unpaired) electrons. The molecule has 1 aliphatic carbocycles. The topological polar surface area (TPSA) is 68.0 Å². The molecular weight excluding hydrogens is 306 g/mol. The van der Waals surface area contributed by atoms with Gasteiger partial charge in [0.15, 0.2) is 5.13 Å². The third-order valence-electron chi connectivity index (χ3n) is 3.81. The molecule has 0 fully saturated rings. The van der Waals surface area contributed by atoms with Gasteiger partial charge in [-0.25, -0.2) is 4.98 Å². The van der Waals surface area contributed by atoms with Crippen molar-refractivity contribution in [1.82, 2.24) is 4.98 Å². The van der Waals surface area contributed by atoms with Crippen LogP contribution >= 0.6 is 23.7 Å². The van der Waals surface area contributed by atoms with Crippen LogP contribution in [0, 0.1) is 5.92 Å². The number of thiazole rings is 1. The number of nitrogens with one attached hydrogen (secondary N) is 1. The minimum absolute atomic E-state index is 0. The lowest BCUT2D eigenvalue weighted by molar-refractivity contribution is -0.116. The van der Waals surface area contributed by atoms with Gasteiger partial charge in [0, 0.05) is 17.3 Å². The van der Waals surface area contributed by atoms with Crippen molar-refractivity contribution in [2.75, 3.05) is 5.32 Å². The molecule has 4 nitrogen and oxygen atoms in total. The molecule has 1 amide bonds. The predicted molar refractivity (Wildman–Crippen MR) is 91.3 cm³/mol. The molecular formula is C15H26ClN3OS. The van der Waals surface area contributed by atoms with Crippen LogP contribution in [-0.4, -0.2) is 16.9 Å². The molecule has 1 heterocycles. The highest BCUT2D eigenvalue weighted by atomic mass is 35.5. The zero-order chi connectivity index (χ0) is 14.5. The van der Waals surface area contributed by atoms with Gasteiger partial charge in [-0.1, -0.05) is 19.8 Å². The van der Waals surface area contributed by atoms with Gasteiger partial charge >= 0.3 is 0 Å². The van der Waals surface area contributed by atoms with E-state index in [9.17, 15) is 4.79 Å². The largest absolute Gasteiger partial charge is 0.328 e. The molecule has 21 heavy (non-hydrogen) atoms. The van der Waals surface area contributed by atoms with Gasteiger partial charge in [0.05, 0.1) is 5.69 Å². The van der Waals surface area contributed by atoms with Gasteiger partial charge in [0.1, 0.15) is 0 Å². The Hall–Kier alpha value is -0.650. The highest BCUT2D eigenvalue weighted by Crippen LogP contribution is 2.34. The Morgan fingerprint density at radius 2 is 2.33 bits per heavy atom. The maximum absolute atomic E-state index is 11.8. The summed E-state index contributed by atoms with van der Waals surface area (Å²) in [5, 5.41) is 3.68. The lowest BCUT2D eigenvalue weighted by atomic mass is 9.88. The summed E-state index contributed by atoms with van der Waals surface area (Å²) in [7, 11) is 0. The molecule has 2 rings (SSSR count). The Bertz CT molecular complexity index is 462. The predicted octanol–water partition coefficient (Wildman–Crippen LogP) is 3.54. The van der Waals surface area contributed by atoms with Crippen LogP contribution in [0.15, 0.2) is 0 Å². The minimum Gasteiger partial charge on any atom is -0.328 e. The van der Waals surface area contributed by atoms with E-state index in [2.05, 4.69) is 17.2 Å². The second-order valence-electron chi connectivity index (χ2n) is 5.85. The van der Waals surface area contributed by atoms with Gasteiger partial charge in [-0.2, -0.15) is 0 Å². The Morgan fingerprint density at radius 3 is 3.00 bits per heavy atom. The number of hydrogen-bond acceptors (Lipinski definition) is 4. The van der Waals surface area contributed by atoms with Crippen molar-refractivity contribution < 1.29 is 4.79 Å². The first kappa shape index (κ1) is 18.4. The number of amides is 1. The van der Waals surface area contributed by atoms with Gasteiger partial charge in [-0.3, -0.25) is 4.79 Å². The molecule has 0 spiro atoms. The first-order chi connectivity index (χ1) is 9.58. The van der Waals surface area contributed by atoms with E-state index < -0.39 is 0 Å². The molecule has 0 aromatic carbocycles. The number of halogens is 1. The van der Waals surface area contributed by atoms with Crippen molar-refractivity contribution in [3.05, 3.63) is 10.6 Å². The second-order valence-corrected chi connectivity index (χ2v) is 6.93.